The predicted molar refractivity (Wildman–Crippen MR) is 88.5 cm³/mol. The maximum atomic E-state index is 12.6. The van der Waals surface area contributed by atoms with E-state index in [1.165, 1.54) is 12.1 Å². The van der Waals surface area contributed by atoms with Gasteiger partial charge >= 0.3 is 6.18 Å². The molecule has 0 saturated carbocycles. The number of aryl methyl sites for hydroxylation is 1. The van der Waals surface area contributed by atoms with Gasteiger partial charge in [0.2, 0.25) is 0 Å². The molecule has 0 heterocycles. The van der Waals surface area contributed by atoms with Crippen LogP contribution in [0.5, 0.6) is 5.75 Å². The maximum absolute atomic E-state index is 12.6. The summed E-state index contributed by atoms with van der Waals surface area (Å²) in [6, 6.07) is 12.0. The summed E-state index contributed by atoms with van der Waals surface area (Å²) in [6.45, 7) is 1.79. The number of hydrazone groups is 1. The molecule has 0 spiro atoms. The summed E-state index contributed by atoms with van der Waals surface area (Å²) >= 11 is 0. The van der Waals surface area contributed by atoms with Crippen molar-refractivity contribution in [2.75, 3.05) is 6.61 Å². The molecule has 0 unspecified atom stereocenters. The third-order valence-corrected chi connectivity index (χ3v) is 3.32. The van der Waals surface area contributed by atoms with Crippen molar-refractivity contribution < 1.29 is 22.7 Å². The van der Waals surface area contributed by atoms with Crippen molar-refractivity contribution in [1.29, 1.82) is 0 Å². The molecule has 0 bridgehead atoms. The predicted octanol–water partition coefficient (Wildman–Crippen LogP) is 3.80. The molecule has 0 saturated heterocycles. The van der Waals surface area contributed by atoms with Gasteiger partial charge < -0.3 is 4.74 Å². The molecular weight excluding hydrogens is 333 g/mol. The van der Waals surface area contributed by atoms with Crippen LogP contribution in [-0.4, -0.2) is 18.7 Å². The van der Waals surface area contributed by atoms with E-state index in [1.54, 1.807) is 12.1 Å². The molecule has 2 rings (SSSR count). The number of halogens is 3. The van der Waals surface area contributed by atoms with Gasteiger partial charge in [-0.25, -0.2) is 5.43 Å². The monoisotopic (exact) mass is 350 g/mol. The van der Waals surface area contributed by atoms with Gasteiger partial charge in [0.05, 0.1) is 11.8 Å². The molecule has 25 heavy (non-hydrogen) atoms. The van der Waals surface area contributed by atoms with Gasteiger partial charge in [-0.15, -0.1) is 0 Å². The Morgan fingerprint density at radius 2 is 1.92 bits per heavy atom. The van der Waals surface area contributed by atoms with Crippen molar-refractivity contribution in [3.8, 4) is 5.75 Å². The average molecular weight is 350 g/mol. The Bertz CT molecular complexity index is 741. The van der Waals surface area contributed by atoms with E-state index in [0.717, 1.165) is 30.3 Å². The number of carbonyl (C=O) groups excluding carboxylic acids is 1. The Balaban J connectivity index is 1.84. The number of alkyl halides is 3. The lowest BCUT2D eigenvalue weighted by Crippen LogP contribution is -2.24. The van der Waals surface area contributed by atoms with Crippen LogP contribution < -0.4 is 10.2 Å². The van der Waals surface area contributed by atoms with Crippen LogP contribution in [0, 0.1) is 0 Å². The third-order valence-electron chi connectivity index (χ3n) is 3.32. The third kappa shape index (κ3) is 5.95. The van der Waals surface area contributed by atoms with Crippen molar-refractivity contribution >= 4 is 12.1 Å². The highest BCUT2D eigenvalue weighted by atomic mass is 19.4. The van der Waals surface area contributed by atoms with Crippen molar-refractivity contribution in [1.82, 2.24) is 5.43 Å². The summed E-state index contributed by atoms with van der Waals surface area (Å²) in [5, 5.41) is 3.63. The van der Waals surface area contributed by atoms with Crippen LogP contribution in [0.4, 0.5) is 13.2 Å². The number of rotatable bonds is 6. The first-order valence-corrected chi connectivity index (χ1v) is 7.59. The second-order valence-corrected chi connectivity index (χ2v) is 5.20. The first kappa shape index (κ1) is 18.5. The minimum atomic E-state index is -4.42. The topological polar surface area (TPSA) is 50.7 Å². The number of hydrogen-bond acceptors (Lipinski definition) is 3. The standard InChI is InChI=1S/C18H17F3N2O2/c1-2-13-6-8-16(9-7-13)25-12-17(24)23-22-11-14-4-3-5-15(10-14)18(19,20)21/h3-11H,2,12H2,1H3,(H,23,24)/b22-11-. The highest BCUT2D eigenvalue weighted by Gasteiger charge is 2.30. The molecule has 0 fully saturated rings. The second kappa shape index (κ2) is 8.32. The molecule has 0 aromatic heterocycles. The van der Waals surface area contributed by atoms with Gasteiger partial charge in [-0.05, 0) is 41.8 Å². The molecule has 132 valence electrons. The fourth-order valence-electron chi connectivity index (χ4n) is 1.98. The molecule has 2 aromatic carbocycles. The van der Waals surface area contributed by atoms with Gasteiger partial charge in [-0.3, -0.25) is 4.79 Å². The van der Waals surface area contributed by atoms with E-state index >= 15 is 0 Å². The van der Waals surface area contributed by atoms with E-state index < -0.39 is 17.6 Å². The summed E-state index contributed by atoms with van der Waals surface area (Å²) in [7, 11) is 0. The smallest absolute Gasteiger partial charge is 0.416 e. The quantitative estimate of drug-likeness (QED) is 0.636. The summed E-state index contributed by atoms with van der Waals surface area (Å²) < 4.78 is 43.1. The van der Waals surface area contributed by atoms with Crippen LogP contribution >= 0.6 is 0 Å². The molecule has 4 nitrogen and oxygen atoms in total. The van der Waals surface area contributed by atoms with E-state index in [9.17, 15) is 18.0 Å². The maximum Gasteiger partial charge on any atom is 0.416 e. The normalized spacial score (nSPS) is 11.5. The van der Waals surface area contributed by atoms with Crippen molar-refractivity contribution in [2.45, 2.75) is 19.5 Å². The zero-order valence-corrected chi connectivity index (χ0v) is 13.5. The highest BCUT2D eigenvalue weighted by Crippen LogP contribution is 2.29. The van der Waals surface area contributed by atoms with Crippen LogP contribution in [0.15, 0.2) is 53.6 Å². The fourth-order valence-corrected chi connectivity index (χ4v) is 1.98. The molecule has 0 aliphatic rings. The highest BCUT2D eigenvalue weighted by molar-refractivity contribution is 5.83. The Labute approximate surface area is 143 Å². The summed E-state index contributed by atoms with van der Waals surface area (Å²) in [5.41, 5.74) is 2.81. The molecule has 2 aromatic rings. The summed E-state index contributed by atoms with van der Waals surface area (Å²) in [5.74, 6) is 0.0389. The lowest BCUT2D eigenvalue weighted by Gasteiger charge is -2.07. The van der Waals surface area contributed by atoms with Crippen LogP contribution in [0.25, 0.3) is 0 Å². The molecule has 7 heteroatoms. The van der Waals surface area contributed by atoms with Crippen LogP contribution in [0.1, 0.15) is 23.6 Å². The Hall–Kier alpha value is -2.83. The number of benzene rings is 2. The molecule has 0 aliphatic heterocycles. The SMILES string of the molecule is CCc1ccc(OCC(=O)N/N=C\c2cccc(C(F)(F)F)c2)cc1. The van der Waals surface area contributed by atoms with E-state index in [0.29, 0.717) is 5.75 Å². The molecule has 1 amide bonds. The van der Waals surface area contributed by atoms with Gasteiger partial charge in [-0.2, -0.15) is 18.3 Å². The van der Waals surface area contributed by atoms with Gasteiger partial charge in [-0.1, -0.05) is 31.2 Å². The first-order valence-electron chi connectivity index (χ1n) is 7.59. The number of nitrogens with zero attached hydrogens (tertiary/aromatic N) is 1. The van der Waals surface area contributed by atoms with Crippen LogP contribution in [0.2, 0.25) is 0 Å². The van der Waals surface area contributed by atoms with E-state index in [-0.39, 0.29) is 12.2 Å². The summed E-state index contributed by atoms with van der Waals surface area (Å²) in [6.07, 6.45) is -2.37. The average Bonchev–Trinajstić information content (AvgIpc) is 2.60. The van der Waals surface area contributed by atoms with Crippen molar-refractivity contribution in [3.63, 3.8) is 0 Å². The van der Waals surface area contributed by atoms with Gasteiger partial charge in [0.25, 0.3) is 5.91 Å². The second-order valence-electron chi connectivity index (χ2n) is 5.20. The Morgan fingerprint density at radius 3 is 2.56 bits per heavy atom. The van der Waals surface area contributed by atoms with E-state index in [1.807, 2.05) is 19.1 Å². The van der Waals surface area contributed by atoms with Gasteiger partial charge in [0, 0.05) is 0 Å². The van der Waals surface area contributed by atoms with Crippen LogP contribution in [0.3, 0.4) is 0 Å². The number of ether oxygens (including phenoxy) is 1. The fraction of sp³-hybridized carbons (Fsp3) is 0.222. The number of hydrogen-bond donors (Lipinski definition) is 1. The lowest BCUT2D eigenvalue weighted by atomic mass is 10.1. The van der Waals surface area contributed by atoms with Gasteiger partial charge in [0.1, 0.15) is 5.75 Å². The van der Waals surface area contributed by atoms with E-state index in [4.69, 9.17) is 4.74 Å². The zero-order valence-electron chi connectivity index (χ0n) is 13.5. The number of carbonyl (C=O) groups is 1. The number of amides is 1. The zero-order chi connectivity index (χ0) is 18.3. The molecular formula is C18H17F3N2O2. The Kier molecular flexibility index (Phi) is 6.16. The molecule has 1 N–H and O–H groups in total. The first-order chi connectivity index (χ1) is 11.9. The largest absolute Gasteiger partial charge is 0.484 e. The minimum Gasteiger partial charge on any atom is -0.484 e. The van der Waals surface area contributed by atoms with Crippen molar-refractivity contribution in [2.24, 2.45) is 5.10 Å². The van der Waals surface area contributed by atoms with Crippen LogP contribution in [-0.2, 0) is 17.4 Å². The van der Waals surface area contributed by atoms with E-state index in [2.05, 4.69) is 10.5 Å². The number of nitrogens with one attached hydrogen (secondary N) is 1. The summed E-state index contributed by atoms with van der Waals surface area (Å²) in [4.78, 5) is 11.6. The lowest BCUT2D eigenvalue weighted by molar-refractivity contribution is -0.137. The Morgan fingerprint density at radius 1 is 1.20 bits per heavy atom. The molecule has 0 radical (unpaired) electrons. The van der Waals surface area contributed by atoms with Gasteiger partial charge in [0.15, 0.2) is 6.61 Å². The molecule has 0 atom stereocenters. The molecule has 0 aliphatic carbocycles. The minimum absolute atomic E-state index is 0.228. The van der Waals surface area contributed by atoms with Crippen molar-refractivity contribution in [3.05, 3.63) is 65.2 Å².